The maximum absolute atomic E-state index is 3.59. The van der Waals surface area contributed by atoms with E-state index in [1.54, 1.807) is 0 Å². The summed E-state index contributed by atoms with van der Waals surface area (Å²) in [6, 6.07) is 9.31. The largest absolute Gasteiger partial charge is 0.371 e. The fraction of sp³-hybridized carbons (Fsp3) is 0.647. The molecule has 0 aromatic heterocycles. The van der Waals surface area contributed by atoms with Gasteiger partial charge in [0.2, 0.25) is 0 Å². The van der Waals surface area contributed by atoms with E-state index in [0.717, 1.165) is 26.1 Å². The number of para-hydroxylation sites is 1. The van der Waals surface area contributed by atoms with Gasteiger partial charge in [0, 0.05) is 24.8 Å². The first-order valence-corrected chi connectivity index (χ1v) is 7.71. The first-order chi connectivity index (χ1) is 9.13. The van der Waals surface area contributed by atoms with Crippen LogP contribution in [0.25, 0.3) is 0 Å². The molecule has 0 saturated carbocycles. The van der Waals surface area contributed by atoms with Crippen LogP contribution in [0.5, 0.6) is 0 Å². The van der Waals surface area contributed by atoms with Gasteiger partial charge in [-0.2, -0.15) is 0 Å². The van der Waals surface area contributed by atoms with Crippen molar-refractivity contribution in [2.24, 2.45) is 5.92 Å². The zero-order valence-corrected chi connectivity index (χ0v) is 13.2. The van der Waals surface area contributed by atoms with Gasteiger partial charge < -0.3 is 10.2 Å². The normalized spacial score (nSPS) is 12.7. The Morgan fingerprint density at radius 2 is 1.79 bits per heavy atom. The molecule has 0 amide bonds. The Hall–Kier alpha value is -1.02. The van der Waals surface area contributed by atoms with Crippen molar-refractivity contribution in [2.45, 2.75) is 47.1 Å². The molecule has 1 unspecified atom stereocenters. The van der Waals surface area contributed by atoms with Crippen molar-refractivity contribution in [1.29, 1.82) is 0 Å². The van der Waals surface area contributed by atoms with Crippen LogP contribution >= 0.6 is 0 Å². The highest BCUT2D eigenvalue weighted by molar-refractivity contribution is 5.55. The summed E-state index contributed by atoms with van der Waals surface area (Å²) in [6.45, 7) is 14.4. The van der Waals surface area contributed by atoms with Gasteiger partial charge in [0.15, 0.2) is 0 Å². The third-order valence-corrected chi connectivity index (χ3v) is 3.48. The van der Waals surface area contributed by atoms with E-state index >= 15 is 0 Å². The van der Waals surface area contributed by atoms with Crippen LogP contribution in [0.3, 0.4) is 0 Å². The summed E-state index contributed by atoms with van der Waals surface area (Å²) in [5.74, 6) is 0.687. The molecule has 1 aromatic rings. The highest BCUT2D eigenvalue weighted by Crippen LogP contribution is 2.28. The van der Waals surface area contributed by atoms with Gasteiger partial charge in [-0.3, -0.25) is 0 Å². The van der Waals surface area contributed by atoms with E-state index < -0.39 is 0 Å². The summed E-state index contributed by atoms with van der Waals surface area (Å²) >= 11 is 0. The summed E-state index contributed by atoms with van der Waals surface area (Å²) in [5.41, 5.74) is 2.83. The quantitative estimate of drug-likeness (QED) is 0.754. The van der Waals surface area contributed by atoms with E-state index in [0.29, 0.717) is 12.0 Å². The van der Waals surface area contributed by atoms with E-state index in [4.69, 9.17) is 0 Å². The first-order valence-electron chi connectivity index (χ1n) is 7.71. The fourth-order valence-corrected chi connectivity index (χ4v) is 2.63. The molecule has 1 rings (SSSR count). The second-order valence-corrected chi connectivity index (χ2v) is 5.51. The van der Waals surface area contributed by atoms with E-state index in [1.165, 1.54) is 11.3 Å². The maximum Gasteiger partial charge on any atom is 0.0414 e. The molecule has 0 spiro atoms. The zero-order valence-electron chi connectivity index (χ0n) is 13.2. The van der Waals surface area contributed by atoms with Gasteiger partial charge >= 0.3 is 0 Å². The molecule has 0 fully saturated rings. The van der Waals surface area contributed by atoms with Gasteiger partial charge in [-0.15, -0.1) is 0 Å². The van der Waals surface area contributed by atoms with Crippen LogP contribution in [0.4, 0.5) is 5.69 Å². The standard InChI is InChI=1S/C17H30N2/c1-6-16(18-7-2)15-11-9-10-12-17(15)19(8-3)13-14(4)5/h9-12,14,16,18H,6-8,13H2,1-5H3. The highest BCUT2D eigenvalue weighted by Gasteiger charge is 2.16. The Labute approximate surface area is 119 Å². The first kappa shape index (κ1) is 16.0. The molecule has 0 aliphatic rings. The molecular weight excluding hydrogens is 232 g/mol. The lowest BCUT2D eigenvalue weighted by molar-refractivity contribution is 0.533. The smallest absolute Gasteiger partial charge is 0.0414 e. The minimum atomic E-state index is 0.461. The number of rotatable bonds is 8. The van der Waals surface area contributed by atoms with E-state index in [9.17, 15) is 0 Å². The average molecular weight is 262 g/mol. The fourth-order valence-electron chi connectivity index (χ4n) is 2.63. The second-order valence-electron chi connectivity index (χ2n) is 5.51. The van der Waals surface area contributed by atoms with Gasteiger partial charge in [-0.05, 0) is 37.4 Å². The molecule has 1 atom stereocenters. The number of hydrogen-bond donors (Lipinski definition) is 1. The molecule has 19 heavy (non-hydrogen) atoms. The Bertz CT molecular complexity index is 360. The van der Waals surface area contributed by atoms with Crippen molar-refractivity contribution in [2.75, 3.05) is 24.5 Å². The minimum absolute atomic E-state index is 0.461. The second kappa shape index (κ2) is 8.21. The lowest BCUT2D eigenvalue weighted by atomic mass is 10.0. The van der Waals surface area contributed by atoms with E-state index in [1.807, 2.05) is 0 Å². The Morgan fingerprint density at radius 1 is 1.11 bits per heavy atom. The molecule has 0 radical (unpaired) electrons. The third-order valence-electron chi connectivity index (χ3n) is 3.48. The molecule has 0 aliphatic heterocycles. The number of hydrogen-bond acceptors (Lipinski definition) is 2. The van der Waals surface area contributed by atoms with Gasteiger partial charge in [0.1, 0.15) is 0 Å². The van der Waals surface area contributed by atoms with Crippen LogP contribution in [0, 0.1) is 5.92 Å². The monoisotopic (exact) mass is 262 g/mol. The Kier molecular flexibility index (Phi) is 6.93. The van der Waals surface area contributed by atoms with Crippen LogP contribution in [-0.2, 0) is 0 Å². The SMILES string of the molecule is CCNC(CC)c1ccccc1N(CC)CC(C)C. The van der Waals surface area contributed by atoms with Crippen LogP contribution in [0.2, 0.25) is 0 Å². The van der Waals surface area contributed by atoms with Crippen molar-refractivity contribution in [1.82, 2.24) is 5.32 Å². The maximum atomic E-state index is 3.59. The topological polar surface area (TPSA) is 15.3 Å². The number of anilines is 1. The van der Waals surface area contributed by atoms with Gasteiger partial charge in [-0.25, -0.2) is 0 Å². The Balaban J connectivity index is 3.04. The molecule has 2 nitrogen and oxygen atoms in total. The third kappa shape index (κ3) is 4.54. The van der Waals surface area contributed by atoms with Crippen molar-refractivity contribution >= 4 is 5.69 Å². The summed E-state index contributed by atoms with van der Waals surface area (Å²) in [7, 11) is 0. The van der Waals surface area contributed by atoms with Crippen LogP contribution in [0.1, 0.15) is 52.6 Å². The highest BCUT2D eigenvalue weighted by atomic mass is 15.1. The van der Waals surface area contributed by atoms with Crippen LogP contribution < -0.4 is 10.2 Å². The lowest BCUT2D eigenvalue weighted by Crippen LogP contribution is -2.30. The number of benzene rings is 1. The predicted octanol–water partition coefficient (Wildman–Crippen LogP) is 4.23. The molecule has 2 heteroatoms. The van der Waals surface area contributed by atoms with Crippen molar-refractivity contribution in [3.63, 3.8) is 0 Å². The van der Waals surface area contributed by atoms with Gasteiger partial charge in [0.25, 0.3) is 0 Å². The predicted molar refractivity (Wildman–Crippen MR) is 85.9 cm³/mol. The zero-order chi connectivity index (χ0) is 14.3. The van der Waals surface area contributed by atoms with Crippen molar-refractivity contribution < 1.29 is 0 Å². The lowest BCUT2D eigenvalue weighted by Gasteiger charge is -2.30. The molecule has 108 valence electrons. The molecule has 0 saturated heterocycles. The van der Waals surface area contributed by atoms with E-state index in [2.05, 4.69) is 69.1 Å². The summed E-state index contributed by atoms with van der Waals surface area (Å²) in [6.07, 6.45) is 1.13. The van der Waals surface area contributed by atoms with E-state index in [-0.39, 0.29) is 0 Å². The molecule has 0 bridgehead atoms. The summed E-state index contributed by atoms with van der Waals surface area (Å²) < 4.78 is 0. The average Bonchev–Trinajstić information content (AvgIpc) is 2.42. The van der Waals surface area contributed by atoms with Crippen molar-refractivity contribution in [3.8, 4) is 0 Å². The Morgan fingerprint density at radius 3 is 2.32 bits per heavy atom. The van der Waals surface area contributed by atoms with Crippen LogP contribution in [-0.4, -0.2) is 19.6 Å². The van der Waals surface area contributed by atoms with Gasteiger partial charge in [0.05, 0.1) is 0 Å². The molecule has 0 aliphatic carbocycles. The van der Waals surface area contributed by atoms with Crippen LogP contribution in [0.15, 0.2) is 24.3 Å². The minimum Gasteiger partial charge on any atom is -0.371 e. The van der Waals surface area contributed by atoms with Gasteiger partial charge in [-0.1, -0.05) is 45.9 Å². The molecule has 1 N–H and O–H groups in total. The number of nitrogens with one attached hydrogen (secondary N) is 1. The summed E-state index contributed by atoms with van der Waals surface area (Å²) in [4.78, 5) is 2.50. The molecule has 1 aromatic carbocycles. The summed E-state index contributed by atoms with van der Waals surface area (Å²) in [5, 5.41) is 3.59. The molecular formula is C17H30N2. The number of nitrogens with zero attached hydrogens (tertiary/aromatic N) is 1. The molecule has 0 heterocycles. The van der Waals surface area contributed by atoms with Crippen molar-refractivity contribution in [3.05, 3.63) is 29.8 Å².